The average molecular weight is 390 g/mol. The third-order valence-electron chi connectivity index (χ3n) is 4.89. The SMILES string of the molecule is COc1ccc(C(O)CN2C3=NCCCN3c3ccccc32)cc1OC.Cl. The van der Waals surface area contributed by atoms with Crippen molar-refractivity contribution in [1.29, 1.82) is 0 Å². The fourth-order valence-electron chi connectivity index (χ4n) is 3.60. The van der Waals surface area contributed by atoms with Gasteiger partial charge < -0.3 is 24.4 Å². The molecule has 0 aromatic heterocycles. The molecular formula is C20H24ClN3O3. The highest BCUT2D eigenvalue weighted by atomic mass is 35.5. The molecule has 0 saturated heterocycles. The summed E-state index contributed by atoms with van der Waals surface area (Å²) in [5.74, 6) is 2.19. The number of hydrogen-bond acceptors (Lipinski definition) is 6. The number of para-hydroxylation sites is 2. The molecular weight excluding hydrogens is 366 g/mol. The summed E-state index contributed by atoms with van der Waals surface area (Å²) in [4.78, 5) is 9.05. The fourth-order valence-corrected chi connectivity index (χ4v) is 3.60. The number of guanidine groups is 1. The van der Waals surface area contributed by atoms with Crippen LogP contribution < -0.4 is 19.3 Å². The Bertz CT molecular complexity index is 843. The van der Waals surface area contributed by atoms with Crippen molar-refractivity contribution in [1.82, 2.24) is 0 Å². The van der Waals surface area contributed by atoms with Gasteiger partial charge in [-0.1, -0.05) is 18.2 Å². The Kier molecular flexibility index (Phi) is 5.77. The van der Waals surface area contributed by atoms with Crippen LogP contribution in [0.15, 0.2) is 47.5 Å². The molecule has 1 unspecified atom stereocenters. The van der Waals surface area contributed by atoms with Crippen LogP contribution in [0, 0.1) is 0 Å². The smallest absolute Gasteiger partial charge is 0.205 e. The maximum Gasteiger partial charge on any atom is 0.205 e. The Labute approximate surface area is 165 Å². The second kappa shape index (κ2) is 8.06. The van der Waals surface area contributed by atoms with Gasteiger partial charge in [-0.25, -0.2) is 0 Å². The normalized spacial score (nSPS) is 16.0. The van der Waals surface area contributed by atoms with E-state index in [-0.39, 0.29) is 12.4 Å². The minimum Gasteiger partial charge on any atom is -0.493 e. The highest BCUT2D eigenvalue weighted by Gasteiger charge is 2.34. The second-order valence-electron chi connectivity index (χ2n) is 6.42. The summed E-state index contributed by atoms with van der Waals surface area (Å²) < 4.78 is 10.6. The minimum absolute atomic E-state index is 0. The largest absolute Gasteiger partial charge is 0.493 e. The first kappa shape index (κ1) is 19.3. The van der Waals surface area contributed by atoms with Gasteiger partial charge in [0.05, 0.1) is 38.2 Å². The Morgan fingerprint density at radius 2 is 1.81 bits per heavy atom. The molecule has 2 aliphatic heterocycles. The fraction of sp³-hybridized carbons (Fsp3) is 0.350. The molecule has 0 radical (unpaired) electrons. The summed E-state index contributed by atoms with van der Waals surface area (Å²) in [6.07, 6.45) is 0.372. The Hall–Kier alpha value is -2.44. The van der Waals surface area contributed by atoms with Gasteiger partial charge >= 0.3 is 0 Å². The van der Waals surface area contributed by atoms with Crippen molar-refractivity contribution in [3.8, 4) is 11.5 Å². The van der Waals surface area contributed by atoms with Crippen molar-refractivity contribution in [2.24, 2.45) is 4.99 Å². The van der Waals surface area contributed by atoms with E-state index in [0.29, 0.717) is 18.0 Å². The van der Waals surface area contributed by atoms with E-state index in [1.807, 2.05) is 30.3 Å². The third kappa shape index (κ3) is 3.42. The van der Waals surface area contributed by atoms with E-state index in [4.69, 9.17) is 14.5 Å². The second-order valence-corrected chi connectivity index (χ2v) is 6.42. The Morgan fingerprint density at radius 3 is 2.56 bits per heavy atom. The summed E-state index contributed by atoms with van der Waals surface area (Å²) in [7, 11) is 3.20. The number of benzene rings is 2. The zero-order valence-electron chi connectivity index (χ0n) is 15.5. The summed E-state index contributed by atoms with van der Waals surface area (Å²) in [6.45, 7) is 2.21. The lowest BCUT2D eigenvalue weighted by atomic mass is 10.1. The molecule has 1 atom stereocenters. The zero-order valence-corrected chi connectivity index (χ0v) is 16.3. The third-order valence-corrected chi connectivity index (χ3v) is 4.89. The first-order valence-electron chi connectivity index (χ1n) is 8.81. The molecule has 0 spiro atoms. The van der Waals surface area contributed by atoms with Crippen LogP contribution in [0.5, 0.6) is 11.5 Å². The topological polar surface area (TPSA) is 57.5 Å². The van der Waals surface area contributed by atoms with Crippen molar-refractivity contribution in [3.63, 3.8) is 0 Å². The molecule has 27 heavy (non-hydrogen) atoms. The summed E-state index contributed by atoms with van der Waals surface area (Å²) in [5.41, 5.74) is 3.04. The van der Waals surface area contributed by atoms with Gasteiger partial charge in [0.25, 0.3) is 0 Å². The van der Waals surface area contributed by atoms with Crippen LogP contribution >= 0.6 is 12.4 Å². The quantitative estimate of drug-likeness (QED) is 0.850. The molecule has 2 aromatic rings. The van der Waals surface area contributed by atoms with E-state index in [2.05, 4.69) is 21.9 Å². The zero-order chi connectivity index (χ0) is 18.1. The molecule has 0 amide bonds. The van der Waals surface area contributed by atoms with Gasteiger partial charge in [0.1, 0.15) is 0 Å². The van der Waals surface area contributed by atoms with E-state index in [0.717, 1.165) is 42.4 Å². The van der Waals surface area contributed by atoms with E-state index >= 15 is 0 Å². The number of β-amino-alcohol motifs (C(OH)–C–C–N with tert-alkyl or cyclic N) is 1. The van der Waals surface area contributed by atoms with Crippen LogP contribution in [-0.4, -0.2) is 44.9 Å². The molecule has 0 bridgehead atoms. The van der Waals surface area contributed by atoms with Gasteiger partial charge in [0, 0.05) is 13.1 Å². The number of rotatable bonds is 5. The van der Waals surface area contributed by atoms with Crippen LogP contribution in [-0.2, 0) is 0 Å². The molecule has 2 aliphatic rings. The standard InChI is InChI=1S/C20H23N3O3.ClH/c1-25-18-9-8-14(12-19(18)26-2)17(24)13-23-16-7-4-3-6-15(16)22-11-5-10-21-20(22)23;/h3-4,6-9,12,17,24H,5,10-11,13H2,1-2H3;1H. The summed E-state index contributed by atoms with van der Waals surface area (Å²) in [5, 5.41) is 10.9. The number of aliphatic hydroxyl groups excluding tert-OH is 1. The van der Waals surface area contributed by atoms with Crippen LogP contribution in [0.1, 0.15) is 18.1 Å². The van der Waals surface area contributed by atoms with Crippen molar-refractivity contribution < 1.29 is 14.6 Å². The monoisotopic (exact) mass is 389 g/mol. The number of anilines is 2. The first-order valence-corrected chi connectivity index (χ1v) is 8.81. The summed E-state index contributed by atoms with van der Waals surface area (Å²) >= 11 is 0. The Balaban J connectivity index is 0.00000210. The summed E-state index contributed by atoms with van der Waals surface area (Å²) in [6, 6.07) is 13.8. The number of fused-ring (bicyclic) bond motifs is 3. The van der Waals surface area contributed by atoms with E-state index in [1.165, 1.54) is 0 Å². The molecule has 2 aromatic carbocycles. The van der Waals surface area contributed by atoms with Crippen LogP contribution in [0.4, 0.5) is 11.4 Å². The van der Waals surface area contributed by atoms with Gasteiger partial charge in [-0.3, -0.25) is 4.99 Å². The van der Waals surface area contributed by atoms with Gasteiger partial charge in [-0.05, 0) is 36.2 Å². The first-order chi connectivity index (χ1) is 12.7. The highest BCUT2D eigenvalue weighted by molar-refractivity contribution is 6.16. The van der Waals surface area contributed by atoms with Crippen LogP contribution in [0.25, 0.3) is 0 Å². The van der Waals surface area contributed by atoms with Crippen LogP contribution in [0.2, 0.25) is 0 Å². The van der Waals surface area contributed by atoms with E-state index in [1.54, 1.807) is 14.2 Å². The molecule has 4 rings (SSSR count). The number of methoxy groups -OCH3 is 2. The van der Waals surface area contributed by atoms with E-state index in [9.17, 15) is 5.11 Å². The predicted octanol–water partition coefficient (Wildman–Crippen LogP) is 3.25. The molecule has 6 nitrogen and oxygen atoms in total. The maximum absolute atomic E-state index is 10.9. The van der Waals surface area contributed by atoms with Crippen molar-refractivity contribution in [3.05, 3.63) is 48.0 Å². The van der Waals surface area contributed by atoms with Gasteiger partial charge in [-0.15, -0.1) is 12.4 Å². The number of aliphatic imine (C=N–C) groups is 1. The van der Waals surface area contributed by atoms with Gasteiger partial charge in [0.15, 0.2) is 11.5 Å². The average Bonchev–Trinajstić information content (AvgIpc) is 3.01. The van der Waals surface area contributed by atoms with Crippen LogP contribution in [0.3, 0.4) is 0 Å². The lowest BCUT2D eigenvalue weighted by Crippen LogP contribution is -2.43. The van der Waals surface area contributed by atoms with Crippen molar-refractivity contribution in [2.45, 2.75) is 12.5 Å². The minimum atomic E-state index is -0.674. The number of halogens is 1. The number of ether oxygens (including phenoxy) is 2. The Morgan fingerprint density at radius 1 is 1.07 bits per heavy atom. The van der Waals surface area contributed by atoms with E-state index < -0.39 is 6.10 Å². The number of aliphatic hydroxyl groups is 1. The van der Waals surface area contributed by atoms with Crippen molar-refractivity contribution in [2.75, 3.05) is 43.7 Å². The lowest BCUT2D eigenvalue weighted by Gasteiger charge is -2.28. The number of hydrogen-bond donors (Lipinski definition) is 1. The van der Waals surface area contributed by atoms with Crippen molar-refractivity contribution >= 4 is 29.7 Å². The molecule has 7 heteroatoms. The lowest BCUT2D eigenvalue weighted by molar-refractivity contribution is 0.186. The predicted molar refractivity (Wildman–Crippen MR) is 110 cm³/mol. The maximum atomic E-state index is 10.9. The van der Waals surface area contributed by atoms with Gasteiger partial charge in [-0.2, -0.15) is 0 Å². The molecule has 2 heterocycles. The molecule has 1 N–H and O–H groups in total. The highest BCUT2D eigenvalue weighted by Crippen LogP contribution is 2.39. The molecule has 0 aliphatic carbocycles. The molecule has 144 valence electrons. The number of nitrogens with zero attached hydrogens (tertiary/aromatic N) is 3. The molecule has 0 fully saturated rings. The molecule has 0 saturated carbocycles. The van der Waals surface area contributed by atoms with Gasteiger partial charge in [0.2, 0.25) is 5.96 Å².